The molecule has 1 unspecified atom stereocenters. The fourth-order valence-electron chi connectivity index (χ4n) is 1.38. The maximum Gasteiger partial charge on any atom is 0.228 e. The van der Waals surface area contributed by atoms with E-state index >= 15 is 0 Å². The zero-order valence-corrected chi connectivity index (χ0v) is 6.53. The minimum atomic E-state index is -0.0348. The number of carbonyl (C=O) groups excluding carboxylic acids is 1. The molecule has 0 spiro atoms. The smallest absolute Gasteiger partial charge is 0.228 e. The van der Waals surface area contributed by atoms with Gasteiger partial charge in [0.25, 0.3) is 0 Å². The van der Waals surface area contributed by atoms with E-state index in [0.717, 1.165) is 5.69 Å². The van der Waals surface area contributed by atoms with Crippen molar-refractivity contribution in [3.05, 3.63) is 12.4 Å². The number of aromatic amines is 1. The molecule has 3 N–H and O–H groups in total. The number of nitrogens with zero attached hydrogens (tertiary/aromatic N) is 2. The standard InChI is InChI=1S/C7H10N4O/c8-5-1-7(12)11(4-5)6-2-9-10-3-6/h2-3,5H,1,4,8H2,(H,9,10). The molecule has 0 saturated carbocycles. The van der Waals surface area contributed by atoms with Gasteiger partial charge in [-0.25, -0.2) is 0 Å². The molecule has 64 valence electrons. The highest BCUT2D eigenvalue weighted by molar-refractivity contribution is 5.95. The number of H-pyrrole nitrogens is 1. The Morgan fingerprint density at radius 3 is 3.08 bits per heavy atom. The molecule has 5 heteroatoms. The Kier molecular flexibility index (Phi) is 1.58. The van der Waals surface area contributed by atoms with Gasteiger partial charge in [0.15, 0.2) is 0 Å². The topological polar surface area (TPSA) is 75.0 Å². The van der Waals surface area contributed by atoms with Gasteiger partial charge in [0.05, 0.1) is 11.9 Å². The quantitative estimate of drug-likeness (QED) is 0.589. The van der Waals surface area contributed by atoms with E-state index < -0.39 is 0 Å². The normalized spacial score (nSPS) is 23.6. The molecule has 1 fully saturated rings. The Hall–Kier alpha value is -1.36. The van der Waals surface area contributed by atoms with Crippen molar-refractivity contribution < 1.29 is 4.79 Å². The van der Waals surface area contributed by atoms with Crippen LogP contribution in [0.1, 0.15) is 6.42 Å². The summed E-state index contributed by atoms with van der Waals surface area (Å²) in [6, 6.07) is -0.0348. The van der Waals surface area contributed by atoms with Crippen LogP contribution in [0.2, 0.25) is 0 Å². The molecule has 2 heterocycles. The zero-order valence-electron chi connectivity index (χ0n) is 6.53. The summed E-state index contributed by atoms with van der Waals surface area (Å²) in [5.41, 5.74) is 6.43. The van der Waals surface area contributed by atoms with E-state index in [-0.39, 0.29) is 11.9 Å². The molecule has 0 aliphatic carbocycles. The minimum absolute atomic E-state index is 0.0348. The first-order chi connectivity index (χ1) is 5.77. The molecule has 1 amide bonds. The van der Waals surface area contributed by atoms with Crippen molar-refractivity contribution in [1.82, 2.24) is 10.2 Å². The third-order valence-corrected chi connectivity index (χ3v) is 1.95. The van der Waals surface area contributed by atoms with Crippen LogP contribution in [-0.2, 0) is 4.79 Å². The molecule has 0 aromatic carbocycles. The molecular weight excluding hydrogens is 156 g/mol. The maximum atomic E-state index is 11.3. The van der Waals surface area contributed by atoms with E-state index in [1.807, 2.05) is 0 Å². The Morgan fingerprint density at radius 1 is 1.75 bits per heavy atom. The second-order valence-corrected chi connectivity index (χ2v) is 2.93. The Labute approximate surface area is 69.5 Å². The van der Waals surface area contributed by atoms with Gasteiger partial charge < -0.3 is 10.6 Å². The lowest BCUT2D eigenvalue weighted by Crippen LogP contribution is -2.27. The predicted octanol–water partition coefficient (Wildman–Crippen LogP) is -0.526. The average molecular weight is 166 g/mol. The molecule has 1 atom stereocenters. The van der Waals surface area contributed by atoms with E-state index in [0.29, 0.717) is 13.0 Å². The van der Waals surface area contributed by atoms with Crippen molar-refractivity contribution in [2.45, 2.75) is 12.5 Å². The van der Waals surface area contributed by atoms with Gasteiger partial charge >= 0.3 is 0 Å². The number of carbonyl (C=O) groups is 1. The maximum absolute atomic E-state index is 11.3. The number of anilines is 1. The van der Waals surface area contributed by atoms with Gasteiger partial charge in [-0.05, 0) is 0 Å². The molecule has 1 aromatic rings. The fraction of sp³-hybridized carbons (Fsp3) is 0.429. The Bertz CT molecular complexity index is 282. The number of hydrogen-bond donors (Lipinski definition) is 2. The number of amides is 1. The molecule has 5 nitrogen and oxygen atoms in total. The fourth-order valence-corrected chi connectivity index (χ4v) is 1.38. The summed E-state index contributed by atoms with van der Waals surface area (Å²) in [5.74, 6) is 0.0731. The summed E-state index contributed by atoms with van der Waals surface area (Å²) >= 11 is 0. The molecular formula is C7H10N4O. The number of hydrogen-bond acceptors (Lipinski definition) is 3. The van der Waals surface area contributed by atoms with Crippen molar-refractivity contribution in [2.24, 2.45) is 5.73 Å². The molecule has 2 rings (SSSR count). The van der Waals surface area contributed by atoms with Crippen molar-refractivity contribution in [2.75, 3.05) is 11.4 Å². The monoisotopic (exact) mass is 166 g/mol. The van der Waals surface area contributed by atoms with Gasteiger partial charge in [-0.2, -0.15) is 5.10 Å². The molecule has 0 bridgehead atoms. The van der Waals surface area contributed by atoms with Crippen LogP contribution in [0.4, 0.5) is 5.69 Å². The molecule has 1 saturated heterocycles. The lowest BCUT2D eigenvalue weighted by molar-refractivity contribution is -0.117. The summed E-state index contributed by atoms with van der Waals surface area (Å²) in [5, 5.41) is 6.42. The second-order valence-electron chi connectivity index (χ2n) is 2.93. The minimum Gasteiger partial charge on any atom is -0.326 e. The second kappa shape index (κ2) is 2.60. The third-order valence-electron chi connectivity index (χ3n) is 1.95. The zero-order chi connectivity index (χ0) is 8.55. The number of rotatable bonds is 1. The van der Waals surface area contributed by atoms with Crippen LogP contribution in [0, 0.1) is 0 Å². The van der Waals surface area contributed by atoms with E-state index in [1.54, 1.807) is 17.3 Å². The molecule has 1 aliphatic heterocycles. The van der Waals surface area contributed by atoms with Crippen LogP contribution in [0.3, 0.4) is 0 Å². The molecule has 1 aliphatic rings. The molecule has 1 aromatic heterocycles. The van der Waals surface area contributed by atoms with Crippen LogP contribution in [0.15, 0.2) is 12.4 Å². The van der Waals surface area contributed by atoms with Crippen LogP contribution in [0.5, 0.6) is 0 Å². The summed E-state index contributed by atoms with van der Waals surface area (Å²) < 4.78 is 0. The van der Waals surface area contributed by atoms with Crippen LogP contribution in [-0.4, -0.2) is 28.7 Å². The first kappa shape index (κ1) is 7.30. The summed E-state index contributed by atoms with van der Waals surface area (Å²) in [7, 11) is 0. The largest absolute Gasteiger partial charge is 0.326 e. The highest BCUT2D eigenvalue weighted by Crippen LogP contribution is 2.18. The lowest BCUT2D eigenvalue weighted by Gasteiger charge is -2.11. The van der Waals surface area contributed by atoms with E-state index in [9.17, 15) is 4.79 Å². The first-order valence-electron chi connectivity index (χ1n) is 3.82. The van der Waals surface area contributed by atoms with Crippen LogP contribution < -0.4 is 10.6 Å². The molecule has 12 heavy (non-hydrogen) atoms. The Morgan fingerprint density at radius 2 is 2.58 bits per heavy atom. The highest BCUT2D eigenvalue weighted by atomic mass is 16.2. The third kappa shape index (κ3) is 1.08. The van der Waals surface area contributed by atoms with Gasteiger partial charge in [-0.15, -0.1) is 0 Å². The van der Waals surface area contributed by atoms with Crippen molar-refractivity contribution in [3.63, 3.8) is 0 Å². The first-order valence-corrected chi connectivity index (χ1v) is 3.82. The van der Waals surface area contributed by atoms with Gasteiger partial charge in [-0.3, -0.25) is 9.89 Å². The Balaban J connectivity index is 2.21. The van der Waals surface area contributed by atoms with Gasteiger partial charge in [0.2, 0.25) is 5.91 Å². The summed E-state index contributed by atoms with van der Waals surface area (Å²) in [4.78, 5) is 12.9. The van der Waals surface area contributed by atoms with Crippen LogP contribution in [0.25, 0.3) is 0 Å². The van der Waals surface area contributed by atoms with Gasteiger partial charge in [0, 0.05) is 25.2 Å². The van der Waals surface area contributed by atoms with Gasteiger partial charge in [0.1, 0.15) is 0 Å². The van der Waals surface area contributed by atoms with Crippen molar-refractivity contribution in [3.8, 4) is 0 Å². The van der Waals surface area contributed by atoms with Crippen molar-refractivity contribution >= 4 is 11.6 Å². The number of aromatic nitrogens is 2. The predicted molar refractivity (Wildman–Crippen MR) is 43.5 cm³/mol. The van der Waals surface area contributed by atoms with Crippen molar-refractivity contribution in [1.29, 1.82) is 0 Å². The lowest BCUT2D eigenvalue weighted by atomic mass is 10.3. The summed E-state index contributed by atoms with van der Waals surface area (Å²) in [6.07, 6.45) is 3.75. The SMILES string of the molecule is NC1CC(=O)N(c2cn[nH]c2)C1. The highest BCUT2D eigenvalue weighted by Gasteiger charge is 2.28. The average Bonchev–Trinajstić information content (AvgIpc) is 2.58. The number of nitrogens with two attached hydrogens (primary N) is 1. The van der Waals surface area contributed by atoms with E-state index in [4.69, 9.17) is 5.73 Å². The van der Waals surface area contributed by atoms with E-state index in [1.165, 1.54) is 0 Å². The van der Waals surface area contributed by atoms with Gasteiger partial charge in [-0.1, -0.05) is 0 Å². The summed E-state index contributed by atoms with van der Waals surface area (Å²) in [6.45, 7) is 0.596. The molecule has 0 radical (unpaired) electrons. The van der Waals surface area contributed by atoms with Crippen LogP contribution >= 0.6 is 0 Å². The number of nitrogens with one attached hydrogen (secondary N) is 1. The van der Waals surface area contributed by atoms with E-state index in [2.05, 4.69) is 10.2 Å².